The summed E-state index contributed by atoms with van der Waals surface area (Å²) in [5.41, 5.74) is 2.66. The van der Waals surface area contributed by atoms with E-state index in [1.165, 1.54) is 0 Å². The summed E-state index contributed by atoms with van der Waals surface area (Å²) in [5, 5.41) is 8.64. The maximum Gasteiger partial charge on any atom is 0.150 e. The second-order valence-electron chi connectivity index (χ2n) is 2.81. The number of allylic oxidation sites excluding steroid dienone is 1. The molecular formula is C11H9NO. The summed E-state index contributed by atoms with van der Waals surface area (Å²) in [6.45, 7) is 5.55. The maximum atomic E-state index is 10.6. The Morgan fingerprint density at radius 3 is 2.77 bits per heavy atom. The fourth-order valence-electron chi connectivity index (χ4n) is 1.10. The number of hydrogen-bond acceptors (Lipinski definition) is 2. The molecule has 0 spiro atoms. The van der Waals surface area contributed by atoms with Crippen molar-refractivity contribution in [2.45, 2.75) is 6.92 Å². The lowest BCUT2D eigenvalue weighted by Crippen LogP contribution is -1.90. The van der Waals surface area contributed by atoms with Gasteiger partial charge in [0.2, 0.25) is 0 Å². The third kappa shape index (κ3) is 1.83. The zero-order valence-corrected chi connectivity index (χ0v) is 7.37. The normalized spacial score (nSPS) is 8.92. The fraction of sp³-hybridized carbons (Fsp3) is 0.0909. The van der Waals surface area contributed by atoms with Crippen LogP contribution in [0.2, 0.25) is 0 Å². The van der Waals surface area contributed by atoms with E-state index in [-0.39, 0.29) is 0 Å². The quantitative estimate of drug-likeness (QED) is 0.641. The van der Waals surface area contributed by atoms with Gasteiger partial charge in [-0.3, -0.25) is 4.79 Å². The minimum absolute atomic E-state index is 0.545. The highest BCUT2D eigenvalue weighted by Gasteiger charge is 2.02. The van der Waals surface area contributed by atoms with Crippen LogP contribution >= 0.6 is 0 Å². The van der Waals surface area contributed by atoms with Crippen molar-refractivity contribution in [3.8, 4) is 6.07 Å². The van der Waals surface area contributed by atoms with Crippen LogP contribution < -0.4 is 0 Å². The van der Waals surface area contributed by atoms with Crippen LogP contribution in [-0.2, 0) is 0 Å². The molecule has 0 bridgehead atoms. The Morgan fingerprint density at radius 1 is 1.62 bits per heavy atom. The van der Waals surface area contributed by atoms with Crippen LogP contribution in [-0.4, -0.2) is 6.29 Å². The van der Waals surface area contributed by atoms with E-state index in [1.54, 1.807) is 18.2 Å². The van der Waals surface area contributed by atoms with Crippen LogP contribution in [0.4, 0.5) is 0 Å². The van der Waals surface area contributed by atoms with Gasteiger partial charge in [0.05, 0.1) is 11.6 Å². The number of aldehydes is 1. The van der Waals surface area contributed by atoms with Gasteiger partial charge in [-0.25, -0.2) is 0 Å². The largest absolute Gasteiger partial charge is 0.298 e. The van der Waals surface area contributed by atoms with Gasteiger partial charge in [-0.2, -0.15) is 5.26 Å². The Labute approximate surface area is 77.1 Å². The summed E-state index contributed by atoms with van der Waals surface area (Å²) in [4.78, 5) is 10.6. The summed E-state index contributed by atoms with van der Waals surface area (Å²) in [6, 6.07) is 6.94. The van der Waals surface area contributed by atoms with Crippen LogP contribution in [0, 0.1) is 11.3 Å². The van der Waals surface area contributed by atoms with Crippen LogP contribution in [0.15, 0.2) is 24.8 Å². The second kappa shape index (κ2) is 3.68. The number of hydrogen-bond donors (Lipinski definition) is 0. The highest BCUT2D eigenvalue weighted by molar-refractivity contribution is 5.85. The van der Waals surface area contributed by atoms with Crippen molar-refractivity contribution in [2.75, 3.05) is 0 Å². The maximum absolute atomic E-state index is 10.6. The van der Waals surface area contributed by atoms with Crippen molar-refractivity contribution in [2.24, 2.45) is 0 Å². The molecule has 0 saturated heterocycles. The van der Waals surface area contributed by atoms with Crippen LogP contribution in [0.25, 0.3) is 5.57 Å². The first-order chi connectivity index (χ1) is 6.19. The Morgan fingerprint density at radius 2 is 2.31 bits per heavy atom. The number of benzene rings is 1. The predicted molar refractivity (Wildman–Crippen MR) is 51.3 cm³/mol. The lowest BCUT2D eigenvalue weighted by molar-refractivity contribution is 0.112. The monoisotopic (exact) mass is 171 g/mol. The van der Waals surface area contributed by atoms with Crippen LogP contribution in [0.3, 0.4) is 0 Å². The molecule has 0 amide bonds. The van der Waals surface area contributed by atoms with Gasteiger partial charge >= 0.3 is 0 Å². The predicted octanol–water partition coefficient (Wildman–Crippen LogP) is 2.40. The van der Waals surface area contributed by atoms with Gasteiger partial charge in [0.25, 0.3) is 0 Å². The van der Waals surface area contributed by atoms with Gasteiger partial charge in [0.1, 0.15) is 0 Å². The molecule has 64 valence electrons. The van der Waals surface area contributed by atoms with Crippen molar-refractivity contribution in [3.63, 3.8) is 0 Å². The minimum Gasteiger partial charge on any atom is -0.298 e. The zero-order valence-electron chi connectivity index (χ0n) is 7.37. The van der Waals surface area contributed by atoms with Crippen molar-refractivity contribution >= 4 is 11.9 Å². The van der Waals surface area contributed by atoms with Crippen molar-refractivity contribution in [1.82, 2.24) is 0 Å². The summed E-state index contributed by atoms with van der Waals surface area (Å²) >= 11 is 0. The van der Waals surface area contributed by atoms with E-state index in [0.717, 1.165) is 17.4 Å². The number of nitrogens with zero attached hydrogens (tertiary/aromatic N) is 1. The molecule has 0 saturated carbocycles. The average molecular weight is 171 g/mol. The average Bonchev–Trinajstić information content (AvgIpc) is 2.16. The minimum atomic E-state index is 0.545. The van der Waals surface area contributed by atoms with E-state index in [9.17, 15) is 4.79 Å². The van der Waals surface area contributed by atoms with E-state index in [4.69, 9.17) is 5.26 Å². The Balaban J connectivity index is 3.36. The van der Waals surface area contributed by atoms with Gasteiger partial charge in [0.15, 0.2) is 6.29 Å². The number of rotatable bonds is 2. The van der Waals surface area contributed by atoms with Gasteiger partial charge in [-0.15, -0.1) is 0 Å². The third-order valence-electron chi connectivity index (χ3n) is 1.77. The van der Waals surface area contributed by atoms with Crippen molar-refractivity contribution in [1.29, 1.82) is 5.26 Å². The molecule has 0 N–H and O–H groups in total. The molecule has 2 heteroatoms. The standard InChI is InChI=1S/C11H9NO/c1-8(2)11-5-9(6-12)3-4-10(11)7-13/h3-5,7H,1H2,2H3. The van der Waals surface area contributed by atoms with E-state index >= 15 is 0 Å². The molecule has 0 unspecified atom stereocenters. The molecule has 0 radical (unpaired) electrons. The molecule has 1 aromatic carbocycles. The molecule has 0 atom stereocenters. The van der Waals surface area contributed by atoms with Gasteiger partial charge < -0.3 is 0 Å². The smallest absolute Gasteiger partial charge is 0.150 e. The molecular weight excluding hydrogens is 162 g/mol. The highest BCUT2D eigenvalue weighted by Crippen LogP contribution is 2.17. The molecule has 1 rings (SSSR count). The fourth-order valence-corrected chi connectivity index (χ4v) is 1.10. The first kappa shape index (κ1) is 9.21. The Bertz CT molecular complexity index is 399. The zero-order chi connectivity index (χ0) is 9.84. The summed E-state index contributed by atoms with van der Waals surface area (Å²) < 4.78 is 0. The van der Waals surface area contributed by atoms with Gasteiger partial charge in [-0.1, -0.05) is 12.2 Å². The van der Waals surface area contributed by atoms with E-state index < -0.39 is 0 Å². The first-order valence-corrected chi connectivity index (χ1v) is 3.84. The summed E-state index contributed by atoms with van der Waals surface area (Å²) in [5.74, 6) is 0. The Hall–Kier alpha value is -1.88. The van der Waals surface area contributed by atoms with Crippen LogP contribution in [0.1, 0.15) is 28.4 Å². The lowest BCUT2D eigenvalue weighted by atomic mass is 10.0. The van der Waals surface area contributed by atoms with Crippen molar-refractivity contribution in [3.05, 3.63) is 41.5 Å². The lowest BCUT2D eigenvalue weighted by Gasteiger charge is -2.03. The van der Waals surface area contributed by atoms with Gasteiger partial charge in [-0.05, 0) is 30.7 Å². The number of carbonyl (C=O) groups is 1. The topological polar surface area (TPSA) is 40.9 Å². The molecule has 0 aliphatic rings. The molecule has 0 aromatic heterocycles. The van der Waals surface area contributed by atoms with Crippen molar-refractivity contribution < 1.29 is 4.79 Å². The summed E-state index contributed by atoms with van der Waals surface area (Å²) in [6.07, 6.45) is 0.769. The SMILES string of the molecule is C=C(C)c1cc(C#N)ccc1C=O. The molecule has 0 aliphatic carbocycles. The molecule has 1 aromatic rings. The third-order valence-corrected chi connectivity index (χ3v) is 1.77. The van der Waals surface area contributed by atoms with E-state index in [1.807, 2.05) is 13.0 Å². The molecule has 0 heterocycles. The molecule has 0 aliphatic heterocycles. The number of carbonyl (C=O) groups excluding carboxylic acids is 1. The van der Waals surface area contributed by atoms with Gasteiger partial charge in [0, 0.05) is 5.56 Å². The molecule has 2 nitrogen and oxygen atoms in total. The number of nitriles is 1. The molecule has 0 fully saturated rings. The second-order valence-corrected chi connectivity index (χ2v) is 2.81. The van der Waals surface area contributed by atoms with Crippen LogP contribution in [0.5, 0.6) is 0 Å². The van der Waals surface area contributed by atoms with E-state index in [0.29, 0.717) is 11.1 Å². The van der Waals surface area contributed by atoms with E-state index in [2.05, 4.69) is 6.58 Å². The molecule has 13 heavy (non-hydrogen) atoms. The summed E-state index contributed by atoms with van der Waals surface area (Å²) in [7, 11) is 0. The Kier molecular flexibility index (Phi) is 2.61. The highest BCUT2D eigenvalue weighted by atomic mass is 16.1. The first-order valence-electron chi connectivity index (χ1n) is 3.84.